The van der Waals surface area contributed by atoms with Gasteiger partial charge in [0, 0.05) is 21.5 Å². The number of aryl methyl sites for hydroxylation is 1. The molecule has 0 radical (unpaired) electrons. The average Bonchev–Trinajstić information content (AvgIpc) is 2.92. The first-order chi connectivity index (χ1) is 12.4. The van der Waals surface area contributed by atoms with E-state index in [1.54, 1.807) is 19.1 Å². The molecule has 8 heteroatoms. The van der Waals surface area contributed by atoms with Gasteiger partial charge < -0.3 is 4.98 Å². The second kappa shape index (κ2) is 6.12. The first kappa shape index (κ1) is 17.1. The molecular formula is C18H12ClN3O2S2. The van der Waals surface area contributed by atoms with Crippen LogP contribution in [0.25, 0.3) is 31.6 Å². The molecule has 0 amide bonds. The Balaban J connectivity index is 2.30. The molecule has 2 N–H and O–H groups in total. The number of ketones is 1. The zero-order valence-corrected chi connectivity index (χ0v) is 16.2. The molecule has 0 aliphatic rings. The van der Waals surface area contributed by atoms with Crippen molar-refractivity contribution in [2.45, 2.75) is 13.8 Å². The number of hydrogen-bond donors (Lipinski definition) is 2. The number of carbonyl (C=O) groups is 1. The van der Waals surface area contributed by atoms with Crippen LogP contribution in [0.3, 0.4) is 0 Å². The highest BCUT2D eigenvalue weighted by Crippen LogP contribution is 2.40. The van der Waals surface area contributed by atoms with Crippen LogP contribution in [0, 0.1) is 11.7 Å². The summed E-state index contributed by atoms with van der Waals surface area (Å²) < 4.78 is 0.727. The summed E-state index contributed by atoms with van der Waals surface area (Å²) in [6.45, 7) is 3.31. The summed E-state index contributed by atoms with van der Waals surface area (Å²) in [5, 5.41) is 1.33. The van der Waals surface area contributed by atoms with Crippen molar-refractivity contribution >= 4 is 61.4 Å². The van der Waals surface area contributed by atoms with E-state index in [-0.39, 0.29) is 16.1 Å². The summed E-state index contributed by atoms with van der Waals surface area (Å²) in [5.41, 5.74) is 3.04. The Morgan fingerprint density at radius 1 is 1.23 bits per heavy atom. The molecule has 4 aromatic rings. The van der Waals surface area contributed by atoms with Crippen LogP contribution in [0.4, 0.5) is 0 Å². The van der Waals surface area contributed by atoms with E-state index >= 15 is 0 Å². The molecule has 0 saturated carbocycles. The molecule has 0 fully saturated rings. The second-order valence-corrected chi connectivity index (χ2v) is 7.75. The maximum absolute atomic E-state index is 12.4. The van der Waals surface area contributed by atoms with E-state index in [1.165, 1.54) is 18.3 Å². The molecule has 0 aliphatic carbocycles. The molecular weight excluding hydrogens is 390 g/mol. The first-order valence-electron chi connectivity index (χ1n) is 7.73. The lowest BCUT2D eigenvalue weighted by Crippen LogP contribution is -2.06. The van der Waals surface area contributed by atoms with Crippen LogP contribution in [0.5, 0.6) is 0 Å². The molecule has 0 saturated heterocycles. The van der Waals surface area contributed by atoms with Gasteiger partial charge in [0.15, 0.2) is 10.6 Å². The largest absolute Gasteiger partial charge is 0.330 e. The number of hydrogen-bond acceptors (Lipinski definition) is 5. The van der Waals surface area contributed by atoms with Gasteiger partial charge in [0.1, 0.15) is 9.53 Å². The summed E-state index contributed by atoms with van der Waals surface area (Å²) in [6.07, 6.45) is 0. The van der Waals surface area contributed by atoms with Crippen LogP contribution in [0.2, 0.25) is 5.02 Å². The van der Waals surface area contributed by atoms with Gasteiger partial charge in [0.05, 0.1) is 11.2 Å². The minimum Gasteiger partial charge on any atom is -0.330 e. The standard InChI is InChI=1S/C18H12ClN3O2S2/c1-7-11(8(2)23)12(9-3-5-10(19)6-4-9)13-14-15(26-17(13)20-7)16(24)22-18(25)21-14/h3-6H,1-2H3,(H2,21,22,24,25). The summed E-state index contributed by atoms with van der Waals surface area (Å²) in [4.78, 5) is 35.6. The van der Waals surface area contributed by atoms with Crippen molar-refractivity contribution in [3.8, 4) is 11.1 Å². The third-order valence-corrected chi connectivity index (χ3v) is 5.72. The smallest absolute Gasteiger partial charge is 0.269 e. The lowest BCUT2D eigenvalue weighted by molar-refractivity contribution is 0.101. The van der Waals surface area contributed by atoms with Crippen molar-refractivity contribution < 1.29 is 4.79 Å². The minimum absolute atomic E-state index is 0.0929. The average molecular weight is 402 g/mol. The van der Waals surface area contributed by atoms with E-state index in [4.69, 9.17) is 23.8 Å². The highest BCUT2D eigenvalue weighted by atomic mass is 35.5. The van der Waals surface area contributed by atoms with Crippen molar-refractivity contribution in [2.75, 3.05) is 0 Å². The Bertz CT molecular complexity index is 1320. The Labute approximate surface area is 161 Å². The van der Waals surface area contributed by atoms with Gasteiger partial charge in [0.2, 0.25) is 0 Å². The fourth-order valence-electron chi connectivity index (χ4n) is 3.16. The molecule has 5 nitrogen and oxygen atoms in total. The number of H-pyrrole nitrogens is 2. The van der Waals surface area contributed by atoms with Gasteiger partial charge in [0.25, 0.3) is 5.56 Å². The van der Waals surface area contributed by atoms with Crippen molar-refractivity contribution in [3.05, 3.63) is 55.7 Å². The van der Waals surface area contributed by atoms with E-state index < -0.39 is 0 Å². The summed E-state index contributed by atoms with van der Waals surface area (Å²) >= 11 is 12.4. The Kier molecular flexibility index (Phi) is 4.02. The molecule has 130 valence electrons. The van der Waals surface area contributed by atoms with Gasteiger partial charge in [-0.1, -0.05) is 23.7 Å². The summed E-state index contributed by atoms with van der Waals surface area (Å²) in [5.74, 6) is -0.0929. The van der Waals surface area contributed by atoms with Crippen LogP contribution in [0.15, 0.2) is 29.1 Å². The number of thiophene rings is 1. The van der Waals surface area contributed by atoms with Crippen LogP contribution in [-0.2, 0) is 0 Å². The highest BCUT2D eigenvalue weighted by Gasteiger charge is 2.22. The number of nitrogens with one attached hydrogen (secondary N) is 2. The second-order valence-electron chi connectivity index (χ2n) is 5.90. The molecule has 26 heavy (non-hydrogen) atoms. The van der Waals surface area contributed by atoms with Gasteiger partial charge in [-0.25, -0.2) is 4.98 Å². The van der Waals surface area contributed by atoms with Crippen molar-refractivity contribution in [1.29, 1.82) is 0 Å². The molecule has 0 bridgehead atoms. The molecule has 0 aliphatic heterocycles. The van der Waals surface area contributed by atoms with Crippen LogP contribution in [0.1, 0.15) is 23.0 Å². The van der Waals surface area contributed by atoms with Gasteiger partial charge in [-0.15, -0.1) is 11.3 Å². The minimum atomic E-state index is -0.268. The highest BCUT2D eigenvalue weighted by molar-refractivity contribution is 7.71. The molecule has 0 spiro atoms. The number of benzene rings is 1. The number of Topliss-reactive ketones (excluding diaryl/α,β-unsaturated/α-hetero) is 1. The number of halogens is 1. The summed E-state index contributed by atoms with van der Waals surface area (Å²) in [6, 6.07) is 7.25. The van der Waals surface area contributed by atoms with E-state index in [1.807, 2.05) is 12.1 Å². The van der Waals surface area contributed by atoms with Gasteiger partial charge in [-0.3, -0.25) is 14.6 Å². The molecule has 0 unspecified atom stereocenters. The Morgan fingerprint density at radius 3 is 2.58 bits per heavy atom. The maximum atomic E-state index is 12.4. The molecule has 4 rings (SSSR count). The van der Waals surface area contributed by atoms with E-state index in [0.717, 1.165) is 16.5 Å². The van der Waals surface area contributed by atoms with Gasteiger partial charge >= 0.3 is 0 Å². The number of pyridine rings is 1. The van der Waals surface area contributed by atoms with Crippen LogP contribution in [-0.4, -0.2) is 20.7 Å². The third kappa shape index (κ3) is 2.59. The number of carbonyl (C=O) groups excluding carboxylic acids is 1. The number of fused-ring (bicyclic) bond motifs is 3. The molecule has 3 heterocycles. The fourth-order valence-corrected chi connectivity index (χ4v) is 4.57. The maximum Gasteiger partial charge on any atom is 0.269 e. The van der Waals surface area contributed by atoms with Gasteiger partial charge in [-0.05, 0) is 43.8 Å². The molecule has 3 aromatic heterocycles. The lowest BCUT2D eigenvalue weighted by atomic mass is 9.94. The number of rotatable bonds is 2. The quantitative estimate of drug-likeness (QED) is 0.365. The zero-order chi connectivity index (χ0) is 18.6. The van der Waals surface area contributed by atoms with Gasteiger partial charge in [-0.2, -0.15) is 0 Å². The predicted molar refractivity (Wildman–Crippen MR) is 108 cm³/mol. The number of nitrogens with zero attached hydrogens (tertiary/aromatic N) is 1. The van der Waals surface area contributed by atoms with E-state index in [9.17, 15) is 9.59 Å². The number of aromatic nitrogens is 3. The van der Waals surface area contributed by atoms with Crippen molar-refractivity contribution in [3.63, 3.8) is 0 Å². The predicted octanol–water partition coefficient (Wildman–Crippen LogP) is 5.03. The Hall–Kier alpha value is -2.35. The van der Waals surface area contributed by atoms with Crippen LogP contribution < -0.4 is 5.56 Å². The first-order valence-corrected chi connectivity index (χ1v) is 9.33. The fraction of sp³-hybridized carbons (Fsp3) is 0.111. The van der Waals surface area contributed by atoms with E-state index in [2.05, 4.69) is 15.0 Å². The molecule has 1 aromatic carbocycles. The van der Waals surface area contributed by atoms with Crippen molar-refractivity contribution in [2.24, 2.45) is 0 Å². The monoisotopic (exact) mass is 401 g/mol. The third-order valence-electron chi connectivity index (χ3n) is 4.18. The van der Waals surface area contributed by atoms with Crippen molar-refractivity contribution in [1.82, 2.24) is 15.0 Å². The summed E-state index contributed by atoms with van der Waals surface area (Å²) in [7, 11) is 0. The number of aromatic amines is 2. The van der Waals surface area contributed by atoms with Crippen LogP contribution >= 0.6 is 35.2 Å². The lowest BCUT2D eigenvalue weighted by Gasteiger charge is -2.12. The van der Waals surface area contributed by atoms with E-state index in [0.29, 0.717) is 31.3 Å². The SMILES string of the molecule is CC(=O)c1c(C)nc2sc3c(=O)[nH]c(=S)[nH]c3c2c1-c1ccc(Cl)cc1. The normalized spacial score (nSPS) is 11.3. The topological polar surface area (TPSA) is 78.6 Å². The Morgan fingerprint density at radius 2 is 1.92 bits per heavy atom. The zero-order valence-electron chi connectivity index (χ0n) is 13.8. The molecule has 0 atom stereocenters.